The first kappa shape index (κ1) is 19.6. The van der Waals surface area contributed by atoms with Crippen LogP contribution < -0.4 is 4.74 Å². The summed E-state index contributed by atoms with van der Waals surface area (Å²) < 4.78 is 6.11. The van der Waals surface area contributed by atoms with Crippen molar-refractivity contribution < 1.29 is 14.6 Å². The molecule has 31 heavy (non-hydrogen) atoms. The smallest absolute Gasteiger partial charge is 0.335 e. The third kappa shape index (κ3) is 3.75. The summed E-state index contributed by atoms with van der Waals surface area (Å²) in [5, 5.41) is 19.7. The number of carboxylic acids is 1. The molecule has 5 rings (SSSR count). The minimum Gasteiger partial charge on any atom is -0.492 e. The van der Waals surface area contributed by atoms with Crippen LogP contribution in [0.25, 0.3) is 32.9 Å². The van der Waals surface area contributed by atoms with Gasteiger partial charge in [0.1, 0.15) is 12.4 Å². The largest absolute Gasteiger partial charge is 0.492 e. The number of aromatic carboxylic acids is 1. The maximum Gasteiger partial charge on any atom is 0.335 e. The number of likely N-dealkylation sites (tertiary alicyclic amines) is 1. The van der Waals surface area contributed by atoms with Gasteiger partial charge in [0.25, 0.3) is 0 Å². The molecule has 6 nitrogen and oxygen atoms in total. The summed E-state index contributed by atoms with van der Waals surface area (Å²) in [5.41, 5.74) is 2.76. The van der Waals surface area contributed by atoms with Gasteiger partial charge in [0.2, 0.25) is 0 Å². The molecule has 0 saturated carbocycles. The van der Waals surface area contributed by atoms with Gasteiger partial charge >= 0.3 is 5.97 Å². The Balaban J connectivity index is 1.41. The molecule has 1 saturated heterocycles. The molecule has 3 aromatic carbocycles. The highest BCUT2D eigenvalue weighted by molar-refractivity contribution is 6.00. The standard InChI is InChI=1S/C25H25N3O3/c1-2-28-11-3-4-20(28)15-31-21-9-7-16-12-18(6-5-17(16)13-21)24-22-14-19(25(29)30)8-10-23(22)26-27-24/h5-10,12-14,20H,2-4,11,15H2,1H3,(H,26,27)(H,29,30)/t20-/m0/s1. The van der Waals surface area contributed by atoms with E-state index >= 15 is 0 Å². The monoisotopic (exact) mass is 415 g/mol. The number of rotatable bonds is 6. The number of H-pyrrole nitrogens is 1. The predicted molar refractivity (Wildman–Crippen MR) is 122 cm³/mol. The van der Waals surface area contributed by atoms with Crippen molar-refractivity contribution in [3.05, 3.63) is 60.2 Å². The molecule has 4 aromatic rings. The van der Waals surface area contributed by atoms with Crippen LogP contribution in [0.5, 0.6) is 5.75 Å². The molecule has 0 spiro atoms. The van der Waals surface area contributed by atoms with E-state index in [2.05, 4.69) is 46.3 Å². The quantitative estimate of drug-likeness (QED) is 0.466. The Hall–Kier alpha value is -3.38. The number of ether oxygens (including phenoxy) is 1. The fraction of sp³-hybridized carbons (Fsp3) is 0.280. The van der Waals surface area contributed by atoms with Crippen molar-refractivity contribution in [3.8, 4) is 17.0 Å². The number of aromatic amines is 1. The number of nitrogens with zero attached hydrogens (tertiary/aromatic N) is 2. The minimum atomic E-state index is -0.945. The molecule has 0 radical (unpaired) electrons. The molecule has 1 aliphatic heterocycles. The molecule has 0 bridgehead atoms. The molecule has 6 heteroatoms. The second-order valence-corrected chi connectivity index (χ2v) is 8.10. The summed E-state index contributed by atoms with van der Waals surface area (Å²) in [5.74, 6) is -0.0562. The molecule has 1 fully saturated rings. The third-order valence-electron chi connectivity index (χ3n) is 6.24. The van der Waals surface area contributed by atoms with Crippen LogP contribution in [0.3, 0.4) is 0 Å². The van der Waals surface area contributed by atoms with Gasteiger partial charge in [-0.15, -0.1) is 0 Å². The van der Waals surface area contributed by atoms with E-state index in [0.29, 0.717) is 6.04 Å². The molecule has 0 unspecified atom stereocenters. The summed E-state index contributed by atoms with van der Waals surface area (Å²) in [7, 11) is 0. The number of hydrogen-bond acceptors (Lipinski definition) is 4. The maximum absolute atomic E-state index is 11.3. The van der Waals surface area contributed by atoms with Gasteiger partial charge in [-0.25, -0.2) is 4.79 Å². The first-order valence-corrected chi connectivity index (χ1v) is 10.7. The average Bonchev–Trinajstić information content (AvgIpc) is 3.43. The third-order valence-corrected chi connectivity index (χ3v) is 6.24. The number of aromatic nitrogens is 2. The number of likely N-dealkylation sites (N-methyl/N-ethyl adjacent to an activating group) is 1. The first-order valence-electron chi connectivity index (χ1n) is 10.7. The van der Waals surface area contributed by atoms with E-state index in [-0.39, 0.29) is 5.56 Å². The van der Waals surface area contributed by atoms with E-state index in [4.69, 9.17) is 4.74 Å². The molecular weight excluding hydrogens is 390 g/mol. The van der Waals surface area contributed by atoms with E-state index in [0.717, 1.165) is 51.8 Å². The number of benzene rings is 3. The Bertz CT molecular complexity index is 1260. The first-order chi connectivity index (χ1) is 15.1. The number of fused-ring (bicyclic) bond motifs is 2. The van der Waals surface area contributed by atoms with Gasteiger partial charge in [0, 0.05) is 17.0 Å². The lowest BCUT2D eigenvalue weighted by Crippen LogP contribution is -2.33. The summed E-state index contributed by atoms with van der Waals surface area (Å²) in [6, 6.07) is 17.8. The van der Waals surface area contributed by atoms with Crippen LogP contribution in [0.1, 0.15) is 30.1 Å². The molecule has 2 heterocycles. The molecule has 0 aliphatic carbocycles. The van der Waals surface area contributed by atoms with Gasteiger partial charge in [-0.1, -0.05) is 25.1 Å². The molecule has 1 aliphatic rings. The predicted octanol–water partition coefficient (Wildman–Crippen LogP) is 4.94. The summed E-state index contributed by atoms with van der Waals surface area (Å²) in [6.07, 6.45) is 2.45. The van der Waals surface area contributed by atoms with Crippen molar-refractivity contribution in [3.63, 3.8) is 0 Å². The Kier molecular flexibility index (Phi) is 5.08. The van der Waals surface area contributed by atoms with Crippen molar-refractivity contribution in [2.45, 2.75) is 25.8 Å². The maximum atomic E-state index is 11.3. The SMILES string of the molecule is CCN1CCC[C@H]1COc1ccc2cc(-c3n[nH]c4ccc(C(=O)O)cc34)ccc2c1. The van der Waals surface area contributed by atoms with Crippen LogP contribution in [0.15, 0.2) is 54.6 Å². The van der Waals surface area contributed by atoms with Crippen molar-refractivity contribution in [1.82, 2.24) is 15.1 Å². The number of carboxylic acid groups (broad SMARTS) is 1. The number of hydrogen-bond donors (Lipinski definition) is 2. The summed E-state index contributed by atoms with van der Waals surface area (Å²) in [4.78, 5) is 13.8. The number of nitrogens with one attached hydrogen (secondary N) is 1. The van der Waals surface area contributed by atoms with Crippen LogP contribution in [-0.2, 0) is 0 Å². The highest BCUT2D eigenvalue weighted by Crippen LogP contribution is 2.31. The Morgan fingerprint density at radius 1 is 1.16 bits per heavy atom. The normalized spacial score (nSPS) is 16.9. The zero-order chi connectivity index (χ0) is 21.4. The van der Waals surface area contributed by atoms with Crippen LogP contribution in [-0.4, -0.2) is 51.9 Å². The van der Waals surface area contributed by atoms with E-state index in [1.54, 1.807) is 18.2 Å². The lowest BCUT2D eigenvalue weighted by Gasteiger charge is -2.22. The molecule has 1 atom stereocenters. The van der Waals surface area contributed by atoms with Gasteiger partial charge < -0.3 is 9.84 Å². The number of carbonyl (C=O) groups is 1. The van der Waals surface area contributed by atoms with Gasteiger partial charge in [-0.05, 0) is 73.1 Å². The Labute approximate surface area is 180 Å². The van der Waals surface area contributed by atoms with Crippen molar-refractivity contribution in [2.75, 3.05) is 19.7 Å². The average molecular weight is 415 g/mol. The van der Waals surface area contributed by atoms with E-state index in [9.17, 15) is 9.90 Å². The topological polar surface area (TPSA) is 78.5 Å². The van der Waals surface area contributed by atoms with Gasteiger partial charge in [-0.3, -0.25) is 10.00 Å². The molecule has 1 aromatic heterocycles. The zero-order valence-electron chi connectivity index (χ0n) is 17.5. The Morgan fingerprint density at radius 3 is 2.84 bits per heavy atom. The summed E-state index contributed by atoms with van der Waals surface area (Å²) >= 11 is 0. The van der Waals surface area contributed by atoms with E-state index in [1.165, 1.54) is 19.4 Å². The summed E-state index contributed by atoms with van der Waals surface area (Å²) in [6.45, 7) is 5.17. The van der Waals surface area contributed by atoms with Crippen LogP contribution in [0.2, 0.25) is 0 Å². The zero-order valence-corrected chi connectivity index (χ0v) is 17.5. The lowest BCUT2D eigenvalue weighted by atomic mass is 10.0. The molecule has 0 amide bonds. The molecule has 2 N–H and O–H groups in total. The van der Waals surface area contributed by atoms with Crippen LogP contribution in [0, 0.1) is 0 Å². The highest BCUT2D eigenvalue weighted by Gasteiger charge is 2.23. The van der Waals surface area contributed by atoms with Gasteiger partial charge in [0.05, 0.1) is 16.8 Å². The molecular formula is C25H25N3O3. The van der Waals surface area contributed by atoms with Crippen molar-refractivity contribution in [2.24, 2.45) is 0 Å². The minimum absolute atomic E-state index is 0.252. The van der Waals surface area contributed by atoms with E-state index < -0.39 is 5.97 Å². The Morgan fingerprint density at radius 2 is 2.00 bits per heavy atom. The second kappa shape index (κ2) is 8.04. The fourth-order valence-electron chi connectivity index (χ4n) is 4.52. The van der Waals surface area contributed by atoms with E-state index in [1.807, 2.05) is 12.1 Å². The van der Waals surface area contributed by atoms with Crippen LogP contribution in [0.4, 0.5) is 0 Å². The van der Waals surface area contributed by atoms with Gasteiger partial charge in [-0.2, -0.15) is 5.10 Å². The van der Waals surface area contributed by atoms with Crippen LogP contribution >= 0.6 is 0 Å². The molecule has 158 valence electrons. The van der Waals surface area contributed by atoms with Crippen molar-refractivity contribution >= 4 is 27.6 Å². The fourth-order valence-corrected chi connectivity index (χ4v) is 4.52. The lowest BCUT2D eigenvalue weighted by molar-refractivity contribution is 0.0697. The highest BCUT2D eigenvalue weighted by atomic mass is 16.5. The second-order valence-electron chi connectivity index (χ2n) is 8.10. The van der Waals surface area contributed by atoms with Gasteiger partial charge in [0.15, 0.2) is 0 Å². The van der Waals surface area contributed by atoms with Crippen molar-refractivity contribution in [1.29, 1.82) is 0 Å².